The van der Waals surface area contributed by atoms with Crippen molar-refractivity contribution in [3.63, 3.8) is 0 Å². The largest absolute Gasteiger partial charge is 0.467 e. The Balaban J connectivity index is 2.01. The van der Waals surface area contributed by atoms with Crippen LogP contribution < -0.4 is 5.32 Å². The number of ether oxygens (including phenoxy) is 2. The number of aliphatic hydroxyl groups excluding tert-OH is 1. The van der Waals surface area contributed by atoms with Gasteiger partial charge in [0, 0.05) is 0 Å². The minimum absolute atomic E-state index is 0.119. The van der Waals surface area contributed by atoms with Crippen molar-refractivity contribution in [3.05, 3.63) is 71.5 Å². The van der Waals surface area contributed by atoms with Crippen molar-refractivity contribution >= 4 is 11.9 Å². The van der Waals surface area contributed by atoms with Gasteiger partial charge in [-0.15, -0.1) is 0 Å². The number of rotatable bonds is 9. The van der Waals surface area contributed by atoms with Crippen molar-refractivity contribution in [3.8, 4) is 0 Å². The van der Waals surface area contributed by atoms with Crippen molar-refractivity contribution in [1.29, 1.82) is 0 Å². The molecule has 0 aromatic heterocycles. The number of benzene rings is 2. The van der Waals surface area contributed by atoms with Crippen LogP contribution in [0.15, 0.2) is 54.6 Å². The Kier molecular flexibility index (Phi) is 8.10. The maximum atomic E-state index is 13.1. The zero-order valence-electron chi connectivity index (χ0n) is 15.8. The van der Waals surface area contributed by atoms with Gasteiger partial charge >= 0.3 is 5.97 Å². The number of hydrogen-bond donors (Lipinski definition) is 2. The van der Waals surface area contributed by atoms with Gasteiger partial charge in [0.2, 0.25) is 5.91 Å². The Morgan fingerprint density at radius 3 is 2.32 bits per heavy atom. The van der Waals surface area contributed by atoms with Gasteiger partial charge in [-0.2, -0.15) is 0 Å². The first-order valence-corrected chi connectivity index (χ1v) is 8.87. The average Bonchev–Trinajstić information content (AvgIpc) is 2.72. The second-order valence-corrected chi connectivity index (χ2v) is 6.35. The van der Waals surface area contributed by atoms with Crippen LogP contribution in [-0.4, -0.2) is 42.3 Å². The molecule has 2 rings (SSSR count). The maximum absolute atomic E-state index is 13.1. The Morgan fingerprint density at radius 2 is 1.71 bits per heavy atom. The summed E-state index contributed by atoms with van der Waals surface area (Å²) in [6.45, 7) is 1.83. The van der Waals surface area contributed by atoms with Crippen LogP contribution in [0.25, 0.3) is 0 Å². The Hall–Kier alpha value is -2.77. The smallest absolute Gasteiger partial charge is 0.336 e. The Morgan fingerprint density at radius 1 is 1.07 bits per heavy atom. The highest BCUT2D eigenvalue weighted by Gasteiger charge is 2.30. The molecule has 0 bridgehead atoms. The fraction of sp³-hybridized carbons (Fsp3) is 0.333. The van der Waals surface area contributed by atoms with E-state index in [2.05, 4.69) is 10.1 Å². The van der Waals surface area contributed by atoms with Crippen LogP contribution in [0.3, 0.4) is 0 Å². The van der Waals surface area contributed by atoms with Gasteiger partial charge in [-0.1, -0.05) is 42.5 Å². The van der Waals surface area contributed by atoms with E-state index in [9.17, 15) is 19.1 Å². The Bertz CT molecular complexity index is 766. The highest BCUT2D eigenvalue weighted by atomic mass is 19.1. The predicted molar refractivity (Wildman–Crippen MR) is 101 cm³/mol. The van der Waals surface area contributed by atoms with Gasteiger partial charge in [-0.3, -0.25) is 4.79 Å². The van der Waals surface area contributed by atoms with Crippen molar-refractivity contribution in [2.75, 3.05) is 7.11 Å². The molecule has 0 aliphatic carbocycles. The molecular weight excluding hydrogens is 365 g/mol. The van der Waals surface area contributed by atoms with E-state index in [1.165, 1.54) is 24.3 Å². The number of hydrogen-bond acceptors (Lipinski definition) is 5. The summed E-state index contributed by atoms with van der Waals surface area (Å²) >= 11 is 0. The molecular formula is C21H24FNO5. The van der Waals surface area contributed by atoms with Gasteiger partial charge in [0.05, 0.1) is 19.8 Å². The second-order valence-electron chi connectivity index (χ2n) is 6.35. The molecule has 0 fully saturated rings. The lowest BCUT2D eigenvalue weighted by molar-refractivity contribution is -0.152. The number of aliphatic hydroxyl groups is 1. The number of amides is 1. The summed E-state index contributed by atoms with van der Waals surface area (Å²) in [6, 6.07) is 14.0. The molecule has 2 unspecified atom stereocenters. The summed E-state index contributed by atoms with van der Waals surface area (Å²) in [5, 5.41) is 12.9. The van der Waals surface area contributed by atoms with Crippen LogP contribution >= 0.6 is 0 Å². The summed E-state index contributed by atoms with van der Waals surface area (Å²) in [4.78, 5) is 24.2. The number of carbonyl (C=O) groups excluding carboxylic acids is 2. The molecule has 0 aliphatic heterocycles. The number of halogens is 1. The monoisotopic (exact) mass is 389 g/mol. The lowest BCUT2D eigenvalue weighted by Crippen LogP contribution is -2.51. The fourth-order valence-electron chi connectivity index (χ4n) is 2.57. The highest BCUT2D eigenvalue weighted by Crippen LogP contribution is 2.11. The van der Waals surface area contributed by atoms with Gasteiger partial charge < -0.3 is 19.9 Å². The fourth-order valence-corrected chi connectivity index (χ4v) is 2.57. The quantitative estimate of drug-likeness (QED) is 0.641. The summed E-state index contributed by atoms with van der Waals surface area (Å²) in [5.74, 6) is -1.75. The van der Waals surface area contributed by atoms with Crippen LogP contribution in [-0.2, 0) is 32.1 Å². The van der Waals surface area contributed by atoms with E-state index >= 15 is 0 Å². The Labute approximate surface area is 163 Å². The molecule has 0 radical (unpaired) electrons. The third-order valence-corrected chi connectivity index (χ3v) is 4.23. The van der Waals surface area contributed by atoms with Crippen molar-refractivity contribution < 1.29 is 28.6 Å². The molecule has 0 heterocycles. The van der Waals surface area contributed by atoms with E-state index < -0.39 is 35.9 Å². The first kappa shape index (κ1) is 21.5. The van der Waals surface area contributed by atoms with Crippen LogP contribution in [0.4, 0.5) is 4.39 Å². The normalized spacial score (nSPS) is 14.0. The molecule has 2 aromatic carbocycles. The minimum atomic E-state index is -1.57. The predicted octanol–water partition coefficient (Wildman–Crippen LogP) is 1.99. The summed E-state index contributed by atoms with van der Waals surface area (Å²) in [6.07, 6.45) is -2.26. The van der Waals surface area contributed by atoms with Crippen LogP contribution in [0.5, 0.6) is 0 Å². The molecule has 7 heteroatoms. The molecule has 1 amide bonds. The minimum Gasteiger partial charge on any atom is -0.467 e. The number of esters is 1. The molecule has 0 saturated heterocycles. The first-order chi connectivity index (χ1) is 13.4. The lowest BCUT2D eigenvalue weighted by atomic mass is 10.0. The van der Waals surface area contributed by atoms with Crippen LogP contribution in [0.1, 0.15) is 18.1 Å². The third kappa shape index (κ3) is 6.44. The maximum Gasteiger partial charge on any atom is 0.336 e. The molecule has 3 atom stereocenters. The van der Waals surface area contributed by atoms with Crippen LogP contribution in [0.2, 0.25) is 0 Å². The van der Waals surface area contributed by atoms with E-state index in [1.54, 1.807) is 6.92 Å². The zero-order chi connectivity index (χ0) is 20.5. The van der Waals surface area contributed by atoms with E-state index in [0.29, 0.717) is 5.56 Å². The average molecular weight is 389 g/mol. The van der Waals surface area contributed by atoms with Crippen molar-refractivity contribution in [2.45, 2.75) is 38.2 Å². The number of carbonyl (C=O) groups is 2. The molecule has 0 aliphatic rings. The highest BCUT2D eigenvalue weighted by molar-refractivity contribution is 5.82. The molecule has 28 heavy (non-hydrogen) atoms. The van der Waals surface area contributed by atoms with Gasteiger partial charge in [0.25, 0.3) is 0 Å². The number of methoxy groups -OCH3 is 1. The SMILES string of the molecule is COC(=O)C(O)[C@@H](Cc1ccc(F)cc1)NC(=O)C(C)OCc1ccccc1. The summed E-state index contributed by atoms with van der Waals surface area (Å²) in [7, 11) is 1.15. The third-order valence-electron chi connectivity index (χ3n) is 4.23. The van der Waals surface area contributed by atoms with E-state index in [0.717, 1.165) is 12.7 Å². The van der Waals surface area contributed by atoms with Gasteiger partial charge in [0.1, 0.15) is 11.9 Å². The van der Waals surface area contributed by atoms with Crippen molar-refractivity contribution in [1.82, 2.24) is 5.32 Å². The number of nitrogens with one attached hydrogen (secondary N) is 1. The molecule has 0 spiro atoms. The first-order valence-electron chi connectivity index (χ1n) is 8.87. The van der Waals surface area contributed by atoms with Crippen LogP contribution in [0, 0.1) is 5.82 Å². The standard InChI is InChI=1S/C21H24FNO5/c1-14(28-13-16-6-4-3-5-7-16)20(25)23-18(19(24)21(26)27-2)12-15-8-10-17(22)11-9-15/h3-11,14,18-19,24H,12-13H2,1-2H3,(H,23,25)/t14?,18-,19?/m1/s1. The lowest BCUT2D eigenvalue weighted by Gasteiger charge is -2.24. The molecule has 0 saturated carbocycles. The van der Waals surface area contributed by atoms with E-state index in [-0.39, 0.29) is 13.0 Å². The molecule has 6 nitrogen and oxygen atoms in total. The second kappa shape index (κ2) is 10.5. The van der Waals surface area contributed by atoms with E-state index in [1.807, 2.05) is 30.3 Å². The molecule has 150 valence electrons. The van der Waals surface area contributed by atoms with Gasteiger partial charge in [-0.05, 0) is 36.6 Å². The zero-order valence-corrected chi connectivity index (χ0v) is 15.8. The molecule has 2 N–H and O–H groups in total. The topological polar surface area (TPSA) is 84.9 Å². The van der Waals surface area contributed by atoms with E-state index in [4.69, 9.17) is 4.74 Å². The summed E-state index contributed by atoms with van der Waals surface area (Å²) < 4.78 is 23.2. The molecule has 2 aromatic rings. The summed E-state index contributed by atoms with van der Waals surface area (Å²) in [5.41, 5.74) is 1.56. The van der Waals surface area contributed by atoms with Gasteiger partial charge in [0.15, 0.2) is 6.10 Å². The van der Waals surface area contributed by atoms with Crippen molar-refractivity contribution in [2.24, 2.45) is 0 Å². The van der Waals surface area contributed by atoms with Gasteiger partial charge in [-0.25, -0.2) is 9.18 Å².